The summed E-state index contributed by atoms with van der Waals surface area (Å²) in [5.74, 6) is 1.41. The Morgan fingerprint density at radius 1 is 0.955 bits per heavy atom. The molecular weight excluding hydrogens is 299 g/mol. The first-order chi connectivity index (χ1) is 10.8. The lowest BCUT2D eigenvalue weighted by Gasteiger charge is -2.29. The van der Waals surface area contributed by atoms with Gasteiger partial charge in [0.2, 0.25) is 0 Å². The third kappa shape index (κ3) is 2.35. The van der Waals surface area contributed by atoms with E-state index in [2.05, 4.69) is 19.7 Å². The standard InChI is InChI=1S/C16H13FN4S/c17-13-6-8-14(9-7-13)20-10-21-15(12-4-2-1-3-5-12)18-19-16(21)22-11-20/h1-9H,10-11H2. The number of anilines is 1. The van der Waals surface area contributed by atoms with E-state index in [0.717, 1.165) is 28.1 Å². The Morgan fingerprint density at radius 2 is 1.73 bits per heavy atom. The van der Waals surface area contributed by atoms with Crippen LogP contribution in [0.5, 0.6) is 0 Å². The van der Waals surface area contributed by atoms with Crippen LogP contribution in [-0.4, -0.2) is 20.6 Å². The van der Waals surface area contributed by atoms with Crippen molar-refractivity contribution in [1.82, 2.24) is 14.8 Å². The van der Waals surface area contributed by atoms with Gasteiger partial charge in [0.1, 0.15) is 5.82 Å². The molecule has 1 aromatic heterocycles. The molecule has 1 aliphatic rings. The van der Waals surface area contributed by atoms with E-state index in [9.17, 15) is 4.39 Å². The minimum absolute atomic E-state index is 0.219. The molecule has 2 heterocycles. The molecule has 2 aromatic carbocycles. The Hall–Kier alpha value is -2.34. The van der Waals surface area contributed by atoms with Crippen molar-refractivity contribution in [3.8, 4) is 11.4 Å². The highest BCUT2D eigenvalue weighted by Gasteiger charge is 2.22. The fraction of sp³-hybridized carbons (Fsp3) is 0.125. The largest absolute Gasteiger partial charge is 0.344 e. The van der Waals surface area contributed by atoms with Gasteiger partial charge in [-0.05, 0) is 24.3 Å². The van der Waals surface area contributed by atoms with Crippen LogP contribution in [0.2, 0.25) is 0 Å². The zero-order valence-corrected chi connectivity index (χ0v) is 12.5. The second kappa shape index (κ2) is 5.46. The summed E-state index contributed by atoms with van der Waals surface area (Å²) in [5.41, 5.74) is 2.04. The molecule has 6 heteroatoms. The van der Waals surface area contributed by atoms with Crippen LogP contribution in [0.1, 0.15) is 0 Å². The van der Waals surface area contributed by atoms with Crippen LogP contribution in [0.3, 0.4) is 0 Å². The molecule has 0 fully saturated rings. The quantitative estimate of drug-likeness (QED) is 0.724. The summed E-state index contributed by atoms with van der Waals surface area (Å²) in [6.45, 7) is 0.658. The number of rotatable bonds is 2. The van der Waals surface area contributed by atoms with Crippen molar-refractivity contribution in [2.75, 3.05) is 10.8 Å². The van der Waals surface area contributed by atoms with Gasteiger partial charge in [0.05, 0.1) is 12.5 Å². The predicted molar refractivity (Wildman–Crippen MR) is 85.1 cm³/mol. The van der Waals surface area contributed by atoms with E-state index in [0.29, 0.717) is 6.67 Å². The number of benzene rings is 2. The lowest BCUT2D eigenvalue weighted by molar-refractivity contribution is 0.605. The highest BCUT2D eigenvalue weighted by molar-refractivity contribution is 7.99. The van der Waals surface area contributed by atoms with Gasteiger partial charge in [0.25, 0.3) is 0 Å². The van der Waals surface area contributed by atoms with E-state index in [1.54, 1.807) is 23.9 Å². The fourth-order valence-electron chi connectivity index (χ4n) is 2.48. The van der Waals surface area contributed by atoms with Crippen molar-refractivity contribution in [1.29, 1.82) is 0 Å². The molecular formula is C16H13FN4S. The highest BCUT2D eigenvalue weighted by atomic mass is 32.2. The normalized spacial score (nSPS) is 14.0. The van der Waals surface area contributed by atoms with Crippen LogP contribution in [0.25, 0.3) is 11.4 Å². The van der Waals surface area contributed by atoms with Gasteiger partial charge in [-0.25, -0.2) is 4.39 Å². The maximum Gasteiger partial charge on any atom is 0.194 e. The topological polar surface area (TPSA) is 34.0 Å². The minimum atomic E-state index is -0.219. The molecule has 110 valence electrons. The summed E-state index contributed by atoms with van der Waals surface area (Å²) >= 11 is 1.63. The molecule has 0 bridgehead atoms. The van der Waals surface area contributed by atoms with E-state index in [-0.39, 0.29) is 5.82 Å². The minimum Gasteiger partial charge on any atom is -0.344 e. The zero-order valence-electron chi connectivity index (χ0n) is 11.7. The van der Waals surface area contributed by atoms with Crippen LogP contribution in [0.15, 0.2) is 59.8 Å². The summed E-state index contributed by atoms with van der Waals surface area (Å²) in [6, 6.07) is 16.6. The molecule has 0 unspecified atom stereocenters. The van der Waals surface area contributed by atoms with Gasteiger partial charge < -0.3 is 4.90 Å². The average Bonchev–Trinajstić information content (AvgIpc) is 2.99. The number of halogens is 1. The molecule has 0 spiro atoms. The lowest BCUT2D eigenvalue weighted by Crippen LogP contribution is -2.30. The highest BCUT2D eigenvalue weighted by Crippen LogP contribution is 2.31. The van der Waals surface area contributed by atoms with Gasteiger partial charge in [-0.2, -0.15) is 0 Å². The Morgan fingerprint density at radius 3 is 2.50 bits per heavy atom. The Kier molecular flexibility index (Phi) is 3.31. The molecule has 0 aliphatic carbocycles. The van der Waals surface area contributed by atoms with Crippen LogP contribution in [0.4, 0.5) is 10.1 Å². The fourth-order valence-corrected chi connectivity index (χ4v) is 3.38. The third-order valence-corrected chi connectivity index (χ3v) is 4.60. The molecule has 0 N–H and O–H groups in total. The number of hydrogen-bond acceptors (Lipinski definition) is 4. The average molecular weight is 312 g/mol. The SMILES string of the molecule is Fc1ccc(N2CSc3nnc(-c4ccccc4)n3C2)cc1. The summed E-state index contributed by atoms with van der Waals surface area (Å²) in [5, 5.41) is 9.49. The van der Waals surface area contributed by atoms with Crippen LogP contribution < -0.4 is 4.90 Å². The third-order valence-electron chi connectivity index (χ3n) is 3.60. The molecule has 0 atom stereocenters. The predicted octanol–water partition coefficient (Wildman–Crippen LogP) is 3.61. The van der Waals surface area contributed by atoms with Gasteiger partial charge in [0, 0.05) is 11.3 Å². The Balaban J connectivity index is 1.68. The number of thioether (sulfide) groups is 1. The van der Waals surface area contributed by atoms with Crippen LogP contribution in [-0.2, 0) is 6.67 Å². The molecule has 0 amide bonds. The van der Waals surface area contributed by atoms with E-state index >= 15 is 0 Å². The van der Waals surface area contributed by atoms with Gasteiger partial charge in [-0.3, -0.25) is 4.57 Å². The van der Waals surface area contributed by atoms with Crippen molar-refractivity contribution in [2.24, 2.45) is 0 Å². The Labute approximate surface area is 131 Å². The van der Waals surface area contributed by atoms with E-state index in [1.165, 1.54) is 12.1 Å². The first kappa shape index (κ1) is 13.3. The maximum atomic E-state index is 13.1. The second-order valence-corrected chi connectivity index (χ2v) is 5.94. The summed E-state index contributed by atoms with van der Waals surface area (Å²) in [7, 11) is 0. The second-order valence-electron chi connectivity index (χ2n) is 5.03. The maximum absolute atomic E-state index is 13.1. The molecule has 22 heavy (non-hydrogen) atoms. The molecule has 0 saturated carbocycles. The van der Waals surface area contributed by atoms with E-state index in [4.69, 9.17) is 0 Å². The lowest BCUT2D eigenvalue weighted by atomic mass is 10.2. The van der Waals surface area contributed by atoms with Crippen molar-refractivity contribution in [3.05, 3.63) is 60.4 Å². The van der Waals surface area contributed by atoms with Crippen molar-refractivity contribution in [2.45, 2.75) is 11.8 Å². The smallest absolute Gasteiger partial charge is 0.194 e. The molecule has 1 aliphatic heterocycles. The van der Waals surface area contributed by atoms with Gasteiger partial charge in [-0.1, -0.05) is 42.1 Å². The number of fused-ring (bicyclic) bond motifs is 1. The number of hydrogen-bond donors (Lipinski definition) is 0. The molecule has 0 radical (unpaired) electrons. The summed E-state index contributed by atoms with van der Waals surface area (Å²) in [4.78, 5) is 2.17. The number of nitrogens with zero attached hydrogens (tertiary/aromatic N) is 4. The Bertz CT molecular complexity index is 786. The van der Waals surface area contributed by atoms with Crippen LogP contribution in [0, 0.1) is 5.82 Å². The van der Waals surface area contributed by atoms with Crippen molar-refractivity contribution < 1.29 is 4.39 Å². The molecule has 0 saturated heterocycles. The molecule has 3 aromatic rings. The van der Waals surface area contributed by atoms with Gasteiger partial charge in [0.15, 0.2) is 11.0 Å². The summed E-state index contributed by atoms with van der Waals surface area (Å²) in [6.07, 6.45) is 0. The van der Waals surface area contributed by atoms with E-state index in [1.807, 2.05) is 30.3 Å². The van der Waals surface area contributed by atoms with E-state index < -0.39 is 0 Å². The first-order valence-corrected chi connectivity index (χ1v) is 7.92. The first-order valence-electron chi connectivity index (χ1n) is 6.93. The zero-order chi connectivity index (χ0) is 14.9. The van der Waals surface area contributed by atoms with Crippen molar-refractivity contribution >= 4 is 17.4 Å². The molecule has 4 nitrogen and oxygen atoms in total. The summed E-state index contributed by atoms with van der Waals surface area (Å²) < 4.78 is 15.2. The van der Waals surface area contributed by atoms with Gasteiger partial charge in [-0.15, -0.1) is 10.2 Å². The molecule has 4 rings (SSSR count). The van der Waals surface area contributed by atoms with Crippen molar-refractivity contribution in [3.63, 3.8) is 0 Å². The number of aromatic nitrogens is 3. The van der Waals surface area contributed by atoms with Gasteiger partial charge >= 0.3 is 0 Å². The monoisotopic (exact) mass is 312 g/mol. The van der Waals surface area contributed by atoms with Crippen LogP contribution >= 0.6 is 11.8 Å².